The van der Waals surface area contributed by atoms with Gasteiger partial charge in [-0.2, -0.15) is 0 Å². The first kappa shape index (κ1) is 14.5. The van der Waals surface area contributed by atoms with E-state index in [0.29, 0.717) is 10.0 Å². The second-order valence-corrected chi connectivity index (χ2v) is 5.51. The van der Waals surface area contributed by atoms with Gasteiger partial charge in [-0.25, -0.2) is 9.37 Å². The van der Waals surface area contributed by atoms with Crippen molar-refractivity contribution in [3.63, 3.8) is 0 Å². The number of imidazole rings is 1. The van der Waals surface area contributed by atoms with Gasteiger partial charge in [0.1, 0.15) is 5.82 Å². The van der Waals surface area contributed by atoms with Gasteiger partial charge in [-0.3, -0.25) is 4.79 Å². The zero-order chi connectivity index (χ0) is 15.5. The van der Waals surface area contributed by atoms with Crippen LogP contribution in [0, 0.1) is 5.82 Å². The maximum absolute atomic E-state index is 13.7. The van der Waals surface area contributed by atoms with Crippen LogP contribution in [0.1, 0.15) is 10.4 Å². The molecular weight excluding hydrogens is 349 g/mol. The number of carbonyl (C=O) groups excluding carboxylic acids is 1. The van der Waals surface area contributed by atoms with Crippen LogP contribution in [0.15, 0.2) is 65.7 Å². The Kier molecular flexibility index (Phi) is 4.02. The van der Waals surface area contributed by atoms with E-state index in [1.165, 1.54) is 12.1 Å². The minimum atomic E-state index is -0.484. The van der Waals surface area contributed by atoms with Crippen LogP contribution in [0.2, 0.25) is 0 Å². The third-order valence-electron chi connectivity index (χ3n) is 3.09. The number of nitrogens with one attached hydrogen (secondary N) is 1. The molecule has 110 valence electrons. The van der Waals surface area contributed by atoms with E-state index in [2.05, 4.69) is 26.2 Å². The maximum Gasteiger partial charge on any atom is 0.255 e. The number of nitrogens with zero attached hydrogens (tertiary/aromatic N) is 2. The van der Waals surface area contributed by atoms with Gasteiger partial charge in [-0.15, -0.1) is 0 Å². The molecule has 0 unspecified atom stereocenters. The van der Waals surface area contributed by atoms with Crippen LogP contribution in [-0.2, 0) is 0 Å². The van der Waals surface area contributed by atoms with Gasteiger partial charge in [0.05, 0.1) is 12.0 Å². The van der Waals surface area contributed by atoms with Crippen molar-refractivity contribution in [1.82, 2.24) is 9.55 Å². The largest absolute Gasteiger partial charge is 0.319 e. The summed E-state index contributed by atoms with van der Waals surface area (Å²) in [5, 5.41) is 2.57. The Balaban J connectivity index is 1.86. The lowest BCUT2D eigenvalue weighted by molar-refractivity contribution is 0.102. The van der Waals surface area contributed by atoms with Gasteiger partial charge >= 0.3 is 0 Å². The second kappa shape index (κ2) is 6.11. The predicted molar refractivity (Wildman–Crippen MR) is 85.6 cm³/mol. The van der Waals surface area contributed by atoms with Crippen molar-refractivity contribution in [3.05, 3.63) is 77.0 Å². The Morgan fingerprint density at radius 3 is 2.86 bits per heavy atom. The minimum Gasteiger partial charge on any atom is -0.319 e. The molecule has 0 spiro atoms. The average molecular weight is 360 g/mol. The predicted octanol–water partition coefficient (Wildman–Crippen LogP) is 4.03. The fourth-order valence-electron chi connectivity index (χ4n) is 2.01. The molecule has 1 heterocycles. The van der Waals surface area contributed by atoms with Crippen molar-refractivity contribution in [2.24, 2.45) is 0 Å². The third-order valence-corrected chi connectivity index (χ3v) is 3.58. The Morgan fingerprint density at radius 1 is 1.23 bits per heavy atom. The minimum absolute atomic E-state index is 0.132. The highest BCUT2D eigenvalue weighted by Crippen LogP contribution is 2.21. The molecule has 0 saturated heterocycles. The van der Waals surface area contributed by atoms with Crippen molar-refractivity contribution in [1.29, 1.82) is 0 Å². The average Bonchev–Trinajstić information content (AvgIpc) is 3.05. The molecule has 0 aliphatic carbocycles. The zero-order valence-electron chi connectivity index (χ0n) is 11.3. The summed E-state index contributed by atoms with van der Waals surface area (Å²) in [4.78, 5) is 16.3. The quantitative estimate of drug-likeness (QED) is 0.767. The van der Waals surface area contributed by atoms with Crippen molar-refractivity contribution < 1.29 is 9.18 Å². The SMILES string of the molecule is O=C(Nc1cc(Br)ccc1F)c1cccc(-n2ccnc2)c1. The highest BCUT2D eigenvalue weighted by Gasteiger charge is 2.10. The number of benzene rings is 2. The van der Waals surface area contributed by atoms with E-state index < -0.39 is 5.82 Å². The van der Waals surface area contributed by atoms with Gasteiger partial charge in [-0.05, 0) is 36.4 Å². The molecule has 0 saturated carbocycles. The number of anilines is 1. The van der Waals surface area contributed by atoms with E-state index in [9.17, 15) is 9.18 Å². The van der Waals surface area contributed by atoms with E-state index in [4.69, 9.17) is 0 Å². The molecule has 0 radical (unpaired) electrons. The number of rotatable bonds is 3. The molecule has 0 atom stereocenters. The molecule has 0 aliphatic heterocycles. The van der Waals surface area contributed by atoms with Crippen LogP contribution in [0.5, 0.6) is 0 Å². The summed E-state index contributed by atoms with van der Waals surface area (Å²) in [7, 11) is 0. The second-order valence-electron chi connectivity index (χ2n) is 4.60. The van der Waals surface area contributed by atoms with Gasteiger partial charge in [0, 0.05) is 28.1 Å². The van der Waals surface area contributed by atoms with E-state index in [-0.39, 0.29) is 11.6 Å². The van der Waals surface area contributed by atoms with E-state index in [1.807, 2.05) is 6.07 Å². The van der Waals surface area contributed by atoms with Gasteiger partial charge in [0.2, 0.25) is 0 Å². The molecular formula is C16H11BrFN3O. The van der Waals surface area contributed by atoms with Crippen molar-refractivity contribution in [3.8, 4) is 5.69 Å². The first-order valence-electron chi connectivity index (χ1n) is 6.48. The molecule has 6 heteroatoms. The molecule has 22 heavy (non-hydrogen) atoms. The monoisotopic (exact) mass is 359 g/mol. The van der Waals surface area contributed by atoms with Crippen molar-refractivity contribution in [2.75, 3.05) is 5.32 Å². The van der Waals surface area contributed by atoms with Crippen LogP contribution in [0.25, 0.3) is 5.69 Å². The smallest absolute Gasteiger partial charge is 0.255 e. The molecule has 4 nitrogen and oxygen atoms in total. The topological polar surface area (TPSA) is 46.9 Å². The van der Waals surface area contributed by atoms with Crippen LogP contribution >= 0.6 is 15.9 Å². The number of hydrogen-bond donors (Lipinski definition) is 1. The number of halogens is 2. The van der Waals surface area contributed by atoms with Gasteiger partial charge in [-0.1, -0.05) is 22.0 Å². The number of hydrogen-bond acceptors (Lipinski definition) is 2. The highest BCUT2D eigenvalue weighted by atomic mass is 79.9. The van der Waals surface area contributed by atoms with Crippen molar-refractivity contribution >= 4 is 27.5 Å². The van der Waals surface area contributed by atoms with Crippen LogP contribution in [0.3, 0.4) is 0 Å². The third kappa shape index (κ3) is 3.07. The number of aromatic nitrogens is 2. The Hall–Kier alpha value is -2.47. The number of carbonyl (C=O) groups is 1. The molecule has 1 aromatic heterocycles. The lowest BCUT2D eigenvalue weighted by Gasteiger charge is -2.08. The van der Waals surface area contributed by atoms with Gasteiger partial charge in [0.15, 0.2) is 0 Å². The summed E-state index contributed by atoms with van der Waals surface area (Å²) < 4.78 is 16.2. The first-order chi connectivity index (χ1) is 10.6. The van der Waals surface area contributed by atoms with Crippen LogP contribution in [-0.4, -0.2) is 15.5 Å². The standard InChI is InChI=1S/C16H11BrFN3O/c17-12-4-5-14(18)15(9-12)20-16(22)11-2-1-3-13(8-11)21-7-6-19-10-21/h1-10H,(H,20,22). The Labute approximate surface area is 134 Å². The highest BCUT2D eigenvalue weighted by molar-refractivity contribution is 9.10. The molecule has 3 rings (SSSR count). The van der Waals surface area contributed by atoms with Gasteiger partial charge < -0.3 is 9.88 Å². The molecule has 2 aromatic carbocycles. The zero-order valence-corrected chi connectivity index (χ0v) is 12.9. The fraction of sp³-hybridized carbons (Fsp3) is 0. The van der Waals surface area contributed by atoms with Crippen molar-refractivity contribution in [2.45, 2.75) is 0 Å². The fourth-order valence-corrected chi connectivity index (χ4v) is 2.37. The number of amides is 1. The van der Waals surface area contributed by atoms with Gasteiger partial charge in [0.25, 0.3) is 5.91 Å². The Morgan fingerprint density at radius 2 is 2.09 bits per heavy atom. The molecule has 3 aromatic rings. The van der Waals surface area contributed by atoms with Crippen LogP contribution < -0.4 is 5.32 Å². The summed E-state index contributed by atoms with van der Waals surface area (Å²) in [6.45, 7) is 0. The summed E-state index contributed by atoms with van der Waals surface area (Å²) >= 11 is 3.25. The lowest BCUT2D eigenvalue weighted by atomic mass is 10.2. The first-order valence-corrected chi connectivity index (χ1v) is 7.27. The van der Waals surface area contributed by atoms with Crippen LogP contribution in [0.4, 0.5) is 10.1 Å². The van der Waals surface area contributed by atoms with E-state index >= 15 is 0 Å². The lowest BCUT2D eigenvalue weighted by Crippen LogP contribution is -2.13. The summed E-state index contributed by atoms with van der Waals surface area (Å²) in [6.07, 6.45) is 5.08. The summed E-state index contributed by atoms with van der Waals surface area (Å²) in [6, 6.07) is 11.4. The summed E-state index contributed by atoms with van der Waals surface area (Å²) in [5.41, 5.74) is 1.37. The maximum atomic E-state index is 13.7. The summed E-state index contributed by atoms with van der Waals surface area (Å²) in [5.74, 6) is -0.860. The normalized spacial score (nSPS) is 10.5. The van der Waals surface area contributed by atoms with E-state index in [1.54, 1.807) is 47.6 Å². The molecule has 0 fully saturated rings. The molecule has 1 amide bonds. The Bertz CT molecular complexity index is 818. The molecule has 0 bridgehead atoms. The molecule has 1 N–H and O–H groups in total. The molecule has 0 aliphatic rings. The van der Waals surface area contributed by atoms with E-state index in [0.717, 1.165) is 5.69 Å².